The quantitative estimate of drug-likeness (QED) is 0.285. The standard InChI is InChI=1S/C35H43N/c1-7-9-30(35(5,6)36-18-19-36)15-12-26-11-10-24(3)34(22-26)31(8-2)28-14-17-33-29(23-28)21-27-13-16-32(33)25(4)20-27/h7-11,14-15,17,22-23,27H,12-13,16,18-21H2,1-6H3/b9-7-,30-15+,31-8-. The van der Waals surface area contributed by atoms with E-state index in [1.54, 1.807) is 16.7 Å². The molecule has 0 N–H and O–H groups in total. The summed E-state index contributed by atoms with van der Waals surface area (Å²) in [5, 5.41) is 0. The van der Waals surface area contributed by atoms with Gasteiger partial charge in [-0.25, -0.2) is 0 Å². The lowest BCUT2D eigenvalue weighted by molar-refractivity contribution is 0.339. The van der Waals surface area contributed by atoms with Crippen LogP contribution in [0.15, 0.2) is 71.8 Å². The van der Waals surface area contributed by atoms with Gasteiger partial charge in [0.25, 0.3) is 0 Å². The second-order valence-corrected chi connectivity index (χ2v) is 11.7. The van der Waals surface area contributed by atoms with Crippen LogP contribution >= 0.6 is 0 Å². The molecular weight excluding hydrogens is 434 g/mol. The van der Waals surface area contributed by atoms with Gasteiger partial charge in [-0.2, -0.15) is 0 Å². The lowest BCUT2D eigenvalue weighted by Crippen LogP contribution is -2.32. The molecule has 0 amide bonds. The van der Waals surface area contributed by atoms with Crippen molar-refractivity contribution < 1.29 is 0 Å². The Bertz CT molecular complexity index is 1280. The molecule has 2 bridgehead atoms. The van der Waals surface area contributed by atoms with Crippen molar-refractivity contribution in [1.82, 2.24) is 4.90 Å². The summed E-state index contributed by atoms with van der Waals surface area (Å²) in [6.45, 7) is 16.1. The van der Waals surface area contributed by atoms with Gasteiger partial charge in [-0.05, 0) is 130 Å². The van der Waals surface area contributed by atoms with Crippen LogP contribution in [0.1, 0.15) is 87.3 Å². The Hall–Kier alpha value is -2.64. The summed E-state index contributed by atoms with van der Waals surface area (Å²) in [6.07, 6.45) is 15.3. The molecule has 0 saturated carbocycles. The van der Waals surface area contributed by atoms with Gasteiger partial charge in [-0.1, -0.05) is 66.3 Å². The molecule has 1 fully saturated rings. The van der Waals surface area contributed by atoms with Crippen LogP contribution in [0.25, 0.3) is 11.1 Å². The maximum Gasteiger partial charge on any atom is 0.0402 e. The van der Waals surface area contributed by atoms with Crippen LogP contribution in [-0.2, 0) is 12.8 Å². The highest BCUT2D eigenvalue weighted by molar-refractivity contribution is 5.83. The second-order valence-electron chi connectivity index (χ2n) is 11.7. The smallest absolute Gasteiger partial charge is 0.0402 e. The number of benzene rings is 2. The molecule has 2 aromatic rings. The average Bonchev–Trinajstić information content (AvgIpc) is 3.72. The van der Waals surface area contributed by atoms with E-state index >= 15 is 0 Å². The van der Waals surface area contributed by atoms with Crippen molar-refractivity contribution in [2.45, 2.75) is 79.2 Å². The van der Waals surface area contributed by atoms with E-state index in [-0.39, 0.29) is 5.54 Å². The third-order valence-electron chi connectivity index (χ3n) is 8.89. The van der Waals surface area contributed by atoms with Gasteiger partial charge < -0.3 is 0 Å². The number of allylic oxidation sites excluding steroid dienone is 5. The van der Waals surface area contributed by atoms with E-state index < -0.39 is 0 Å². The Morgan fingerprint density at radius 1 is 1.03 bits per heavy atom. The minimum absolute atomic E-state index is 0.101. The summed E-state index contributed by atoms with van der Waals surface area (Å²) < 4.78 is 0. The maximum atomic E-state index is 2.54. The van der Waals surface area contributed by atoms with Gasteiger partial charge in [0.05, 0.1) is 0 Å². The van der Waals surface area contributed by atoms with Gasteiger partial charge in [0.2, 0.25) is 0 Å². The molecule has 1 nitrogen and oxygen atoms in total. The van der Waals surface area contributed by atoms with Gasteiger partial charge >= 0.3 is 0 Å². The largest absolute Gasteiger partial charge is 0.292 e. The number of hydrogen-bond acceptors (Lipinski definition) is 1. The monoisotopic (exact) mass is 477 g/mol. The zero-order valence-electron chi connectivity index (χ0n) is 23.2. The zero-order valence-corrected chi connectivity index (χ0v) is 23.2. The Kier molecular flexibility index (Phi) is 6.97. The third kappa shape index (κ3) is 4.83. The lowest BCUT2D eigenvalue weighted by Gasteiger charge is -2.28. The minimum atomic E-state index is 0.101. The fourth-order valence-corrected chi connectivity index (χ4v) is 6.58. The molecular formula is C35H43N. The van der Waals surface area contributed by atoms with E-state index in [1.165, 1.54) is 77.7 Å². The van der Waals surface area contributed by atoms with Gasteiger partial charge in [-0.3, -0.25) is 4.90 Å². The zero-order chi connectivity index (χ0) is 25.4. The minimum Gasteiger partial charge on any atom is -0.292 e. The fraction of sp³-hybridized carbons (Fsp3) is 0.429. The second kappa shape index (κ2) is 10.0. The van der Waals surface area contributed by atoms with Gasteiger partial charge in [0.15, 0.2) is 0 Å². The van der Waals surface area contributed by atoms with Gasteiger partial charge in [0, 0.05) is 18.6 Å². The van der Waals surface area contributed by atoms with E-state index in [9.17, 15) is 0 Å². The summed E-state index contributed by atoms with van der Waals surface area (Å²) in [4.78, 5) is 2.54. The van der Waals surface area contributed by atoms with E-state index in [0.717, 1.165) is 12.3 Å². The molecule has 0 radical (unpaired) electrons. The first kappa shape index (κ1) is 25.0. The maximum absolute atomic E-state index is 2.54. The summed E-state index contributed by atoms with van der Waals surface area (Å²) >= 11 is 0. The van der Waals surface area contributed by atoms with Crippen LogP contribution in [0.5, 0.6) is 0 Å². The lowest BCUT2D eigenvalue weighted by atomic mass is 9.85. The predicted molar refractivity (Wildman–Crippen MR) is 156 cm³/mol. The molecule has 1 aliphatic heterocycles. The van der Waals surface area contributed by atoms with Crippen LogP contribution in [0.2, 0.25) is 0 Å². The first-order chi connectivity index (χ1) is 17.3. The van der Waals surface area contributed by atoms with Crippen molar-refractivity contribution in [3.8, 4) is 0 Å². The molecule has 1 heteroatoms. The topological polar surface area (TPSA) is 3.01 Å². The molecule has 3 aliphatic carbocycles. The number of fused-ring (bicyclic) bond motifs is 2. The Labute approximate surface area is 219 Å². The molecule has 0 aromatic heterocycles. The molecule has 1 saturated heterocycles. The van der Waals surface area contributed by atoms with Gasteiger partial charge in [-0.15, -0.1) is 0 Å². The van der Waals surface area contributed by atoms with E-state index in [1.807, 2.05) is 0 Å². The van der Waals surface area contributed by atoms with Crippen LogP contribution in [0.4, 0.5) is 0 Å². The van der Waals surface area contributed by atoms with E-state index in [4.69, 9.17) is 0 Å². The molecule has 4 aliphatic rings. The molecule has 188 valence electrons. The molecule has 1 atom stereocenters. The fourth-order valence-electron chi connectivity index (χ4n) is 6.58. The molecule has 1 heterocycles. The number of nitrogens with zero attached hydrogens (tertiary/aromatic N) is 1. The summed E-state index contributed by atoms with van der Waals surface area (Å²) in [5.74, 6) is 0.818. The first-order valence-corrected chi connectivity index (χ1v) is 14.0. The summed E-state index contributed by atoms with van der Waals surface area (Å²) in [7, 11) is 0. The molecule has 6 rings (SSSR count). The Balaban J connectivity index is 1.46. The number of aryl methyl sites for hydroxylation is 1. The Morgan fingerprint density at radius 3 is 2.53 bits per heavy atom. The highest BCUT2D eigenvalue weighted by Crippen LogP contribution is 2.43. The highest BCUT2D eigenvalue weighted by Gasteiger charge is 2.36. The van der Waals surface area contributed by atoms with Crippen molar-refractivity contribution in [2.24, 2.45) is 5.92 Å². The van der Waals surface area contributed by atoms with Crippen molar-refractivity contribution >= 4 is 11.1 Å². The summed E-state index contributed by atoms with van der Waals surface area (Å²) in [6, 6.07) is 14.3. The average molecular weight is 478 g/mol. The third-order valence-corrected chi connectivity index (χ3v) is 8.89. The van der Waals surface area contributed by atoms with E-state index in [0.29, 0.717) is 0 Å². The van der Waals surface area contributed by atoms with Crippen molar-refractivity contribution in [3.63, 3.8) is 0 Å². The Morgan fingerprint density at radius 2 is 1.83 bits per heavy atom. The molecule has 1 unspecified atom stereocenters. The first-order valence-electron chi connectivity index (χ1n) is 14.0. The molecule has 36 heavy (non-hydrogen) atoms. The van der Waals surface area contributed by atoms with E-state index in [2.05, 4.69) is 107 Å². The van der Waals surface area contributed by atoms with Crippen molar-refractivity contribution in [1.29, 1.82) is 0 Å². The highest BCUT2D eigenvalue weighted by atomic mass is 15.3. The summed E-state index contributed by atoms with van der Waals surface area (Å²) in [5.41, 5.74) is 14.7. The number of rotatable bonds is 7. The van der Waals surface area contributed by atoms with Crippen molar-refractivity contribution in [2.75, 3.05) is 13.1 Å². The van der Waals surface area contributed by atoms with Crippen LogP contribution < -0.4 is 0 Å². The SMILES string of the molecule is C/C=C\C(=C/Cc1ccc(C)c(/C(=C\C)c2ccc3c(c2)CC2CCC3=C(C)C2)c1)C(C)(C)N1CC1. The number of hydrogen-bond donors (Lipinski definition) is 0. The molecule has 2 aromatic carbocycles. The van der Waals surface area contributed by atoms with Crippen LogP contribution in [0.3, 0.4) is 0 Å². The van der Waals surface area contributed by atoms with Crippen LogP contribution in [0, 0.1) is 12.8 Å². The normalized spacial score (nSPS) is 20.8. The van der Waals surface area contributed by atoms with Crippen molar-refractivity contribution in [3.05, 3.63) is 105 Å². The molecule has 0 spiro atoms. The predicted octanol–water partition coefficient (Wildman–Crippen LogP) is 8.72. The van der Waals surface area contributed by atoms with Gasteiger partial charge in [0.1, 0.15) is 0 Å². The van der Waals surface area contributed by atoms with Crippen LogP contribution in [-0.4, -0.2) is 23.5 Å².